The first kappa shape index (κ1) is 28.2. The highest BCUT2D eigenvalue weighted by atomic mass is 79.9. The summed E-state index contributed by atoms with van der Waals surface area (Å²) in [6.07, 6.45) is -0.162. The van der Waals surface area contributed by atoms with Gasteiger partial charge in [-0.2, -0.15) is 0 Å². The number of nitrogens with two attached hydrogens (primary N) is 1. The first-order chi connectivity index (χ1) is 18.8. The van der Waals surface area contributed by atoms with Gasteiger partial charge in [0.1, 0.15) is 11.9 Å². The number of ether oxygens (including phenoxy) is 2. The Morgan fingerprint density at radius 3 is 2.41 bits per heavy atom. The summed E-state index contributed by atoms with van der Waals surface area (Å²) in [6, 6.07) is 23.3. The molecule has 4 aromatic rings. The number of nitrogen functional groups attached to an aromatic ring is 1. The summed E-state index contributed by atoms with van der Waals surface area (Å²) in [5, 5.41) is 18.1. The lowest BCUT2D eigenvalue weighted by Crippen LogP contribution is -2.27. The number of rotatable bonds is 8. The van der Waals surface area contributed by atoms with Crippen LogP contribution in [0.2, 0.25) is 0 Å². The molecule has 0 fully saturated rings. The minimum atomic E-state index is -1.13. The summed E-state index contributed by atoms with van der Waals surface area (Å²) in [5.41, 5.74) is 7.59. The second-order valence-electron chi connectivity index (χ2n) is 8.44. The van der Waals surface area contributed by atoms with Gasteiger partial charge in [-0.05, 0) is 57.7 Å². The lowest BCUT2D eigenvalue weighted by molar-refractivity contribution is -0.112. The van der Waals surface area contributed by atoms with E-state index in [1.54, 1.807) is 42.5 Å². The van der Waals surface area contributed by atoms with E-state index in [1.165, 1.54) is 19.3 Å². The van der Waals surface area contributed by atoms with Crippen LogP contribution in [-0.4, -0.2) is 30.3 Å². The topological polar surface area (TPSA) is 123 Å². The minimum Gasteiger partial charge on any atom is -0.506 e. The number of hydrogen-bond acceptors (Lipinski definition) is 6. The zero-order chi connectivity index (χ0) is 27.9. The fourth-order valence-electron chi connectivity index (χ4n) is 3.97. The zero-order valence-electron chi connectivity index (χ0n) is 20.7. The molecule has 0 bridgehead atoms. The van der Waals surface area contributed by atoms with E-state index >= 15 is 0 Å². The van der Waals surface area contributed by atoms with Gasteiger partial charge in [-0.25, -0.2) is 4.79 Å². The van der Waals surface area contributed by atoms with Crippen LogP contribution >= 0.6 is 31.9 Å². The molecule has 200 valence electrons. The van der Waals surface area contributed by atoms with Crippen LogP contribution in [0.25, 0.3) is 10.8 Å². The van der Waals surface area contributed by atoms with E-state index < -0.39 is 24.2 Å². The van der Waals surface area contributed by atoms with E-state index in [1.807, 2.05) is 36.4 Å². The predicted octanol–water partition coefficient (Wildman–Crippen LogP) is 7.15. The van der Waals surface area contributed by atoms with Crippen molar-refractivity contribution >= 4 is 71.7 Å². The Bertz CT molecular complexity index is 1540. The number of fused-ring (bicyclic) bond motifs is 1. The molecule has 10 heteroatoms. The van der Waals surface area contributed by atoms with Crippen molar-refractivity contribution in [1.82, 2.24) is 0 Å². The molecule has 5 N–H and O–H groups in total. The van der Waals surface area contributed by atoms with Crippen LogP contribution < -0.4 is 16.4 Å². The molecule has 0 saturated heterocycles. The number of carbonyl (C=O) groups is 2. The van der Waals surface area contributed by atoms with Crippen molar-refractivity contribution in [3.63, 3.8) is 0 Å². The fourth-order valence-corrected chi connectivity index (χ4v) is 5.23. The van der Waals surface area contributed by atoms with Crippen LogP contribution in [0.15, 0.2) is 100.0 Å². The van der Waals surface area contributed by atoms with Crippen molar-refractivity contribution in [2.45, 2.75) is 12.2 Å². The normalized spacial score (nSPS) is 12.7. The molecule has 0 aliphatic heterocycles. The van der Waals surface area contributed by atoms with E-state index in [9.17, 15) is 14.7 Å². The summed E-state index contributed by atoms with van der Waals surface area (Å²) >= 11 is 6.73. The molecule has 0 aromatic heterocycles. The number of phenolic OH excluding ortho intramolecular Hbond substituents is 1. The molecule has 4 rings (SSSR count). The van der Waals surface area contributed by atoms with Crippen molar-refractivity contribution in [2.24, 2.45) is 0 Å². The zero-order valence-corrected chi connectivity index (χ0v) is 23.9. The molecule has 0 aliphatic carbocycles. The van der Waals surface area contributed by atoms with Gasteiger partial charge in [-0.3, -0.25) is 10.1 Å². The summed E-state index contributed by atoms with van der Waals surface area (Å²) in [6.45, 7) is 0. The lowest BCUT2D eigenvalue weighted by Gasteiger charge is -2.25. The molecule has 0 saturated carbocycles. The van der Waals surface area contributed by atoms with Gasteiger partial charge >= 0.3 is 6.09 Å². The maximum atomic E-state index is 13.1. The van der Waals surface area contributed by atoms with Crippen molar-refractivity contribution < 1.29 is 24.2 Å². The molecule has 0 heterocycles. The summed E-state index contributed by atoms with van der Waals surface area (Å²) in [4.78, 5) is 25.8. The molecular formula is C29H25Br2N3O5. The smallest absolute Gasteiger partial charge is 0.412 e. The highest BCUT2D eigenvalue weighted by Gasteiger charge is 2.30. The van der Waals surface area contributed by atoms with Gasteiger partial charge in [0.2, 0.25) is 5.91 Å². The number of phenols is 1. The van der Waals surface area contributed by atoms with Gasteiger partial charge in [-0.1, -0.05) is 64.5 Å². The number of halogens is 2. The number of nitrogens with one attached hydrogen (secondary N) is 2. The number of hydrogen-bond donors (Lipinski definition) is 4. The van der Waals surface area contributed by atoms with Gasteiger partial charge < -0.3 is 25.6 Å². The first-order valence-corrected chi connectivity index (χ1v) is 13.3. The number of anilines is 3. The van der Waals surface area contributed by atoms with E-state index in [0.717, 1.165) is 10.8 Å². The van der Waals surface area contributed by atoms with Crippen molar-refractivity contribution in [3.8, 4) is 5.75 Å². The summed E-state index contributed by atoms with van der Waals surface area (Å²) < 4.78 is 12.4. The van der Waals surface area contributed by atoms with Crippen LogP contribution in [-0.2, 0) is 14.3 Å². The maximum absolute atomic E-state index is 13.1. The fraction of sp³-hybridized carbons (Fsp3) is 0.103. The third kappa shape index (κ3) is 6.97. The number of aromatic hydroxyl groups is 1. The second kappa shape index (κ2) is 12.8. The number of carbonyl (C=O) groups excluding carboxylic acids is 2. The third-order valence-corrected chi connectivity index (χ3v) is 6.91. The number of methoxy groups -OCH3 is 1. The number of para-hydroxylation sites is 2. The Morgan fingerprint density at radius 2 is 1.64 bits per heavy atom. The Balaban J connectivity index is 1.62. The minimum absolute atomic E-state index is 0.141. The molecule has 8 nitrogen and oxygen atoms in total. The average Bonchev–Trinajstić information content (AvgIpc) is 2.92. The average molecular weight is 655 g/mol. The number of benzene rings is 4. The molecule has 0 spiro atoms. The second-order valence-corrected chi connectivity index (χ2v) is 10.2. The molecule has 0 radical (unpaired) electrons. The molecule has 0 unspecified atom stereocenters. The molecule has 0 aliphatic rings. The Morgan fingerprint density at radius 1 is 0.949 bits per heavy atom. The lowest BCUT2D eigenvalue weighted by atomic mass is 10.0. The summed E-state index contributed by atoms with van der Waals surface area (Å²) in [7, 11) is 1.41. The van der Waals surface area contributed by atoms with Gasteiger partial charge in [-0.15, -0.1) is 0 Å². The third-order valence-electron chi connectivity index (χ3n) is 5.85. The predicted molar refractivity (Wildman–Crippen MR) is 160 cm³/mol. The Kier molecular flexibility index (Phi) is 9.23. The highest BCUT2D eigenvalue weighted by Crippen LogP contribution is 2.39. The van der Waals surface area contributed by atoms with Gasteiger partial charge in [0.25, 0.3) is 0 Å². The summed E-state index contributed by atoms with van der Waals surface area (Å²) in [5.74, 6) is -0.605. The van der Waals surface area contributed by atoms with E-state index in [4.69, 9.17) is 15.2 Å². The van der Waals surface area contributed by atoms with Gasteiger partial charge in [0, 0.05) is 28.6 Å². The Labute approximate surface area is 242 Å². The number of amides is 2. The van der Waals surface area contributed by atoms with Gasteiger partial charge in [0.15, 0.2) is 6.10 Å². The van der Waals surface area contributed by atoms with Crippen LogP contribution in [0.3, 0.4) is 0 Å². The van der Waals surface area contributed by atoms with Crippen LogP contribution in [0.5, 0.6) is 5.75 Å². The molecule has 2 atom stereocenters. The monoisotopic (exact) mass is 653 g/mol. The van der Waals surface area contributed by atoms with Crippen LogP contribution in [0.1, 0.15) is 11.7 Å². The SMILES string of the molecule is CO[C@@H](/C=C/C(=O)Nc1ccccc1N)[C@@H](OC(=O)Nc1cccc2ccccc12)c1cc(Br)cc(Br)c1O. The van der Waals surface area contributed by atoms with E-state index in [-0.39, 0.29) is 11.3 Å². The van der Waals surface area contributed by atoms with Crippen molar-refractivity contribution in [1.29, 1.82) is 0 Å². The van der Waals surface area contributed by atoms with Crippen LogP contribution in [0, 0.1) is 0 Å². The molecule has 2 amide bonds. The quantitative estimate of drug-likeness (QED) is 0.118. The molecular weight excluding hydrogens is 630 g/mol. The van der Waals surface area contributed by atoms with Crippen molar-refractivity contribution in [2.75, 3.05) is 23.5 Å². The molecule has 39 heavy (non-hydrogen) atoms. The first-order valence-electron chi connectivity index (χ1n) is 11.8. The molecule has 4 aromatic carbocycles. The van der Waals surface area contributed by atoms with E-state index in [2.05, 4.69) is 42.5 Å². The largest absolute Gasteiger partial charge is 0.506 e. The maximum Gasteiger partial charge on any atom is 0.412 e. The van der Waals surface area contributed by atoms with Crippen LogP contribution in [0.4, 0.5) is 21.9 Å². The van der Waals surface area contributed by atoms with Gasteiger partial charge in [0.05, 0.1) is 21.5 Å². The standard InChI is InChI=1S/C29H25Br2N3O5/c1-38-25(13-14-26(35)33-24-11-5-4-10-22(24)32)28(20-15-18(30)16-21(31)27(20)36)39-29(37)34-23-12-6-8-17-7-2-3-9-19(17)23/h2-16,25,28,36H,32H2,1H3,(H,33,35)(H,34,37)/b14-13+/t25-,28-/m0/s1. The Hall–Kier alpha value is -3.86. The highest BCUT2D eigenvalue weighted by molar-refractivity contribution is 9.11. The van der Waals surface area contributed by atoms with Crippen molar-refractivity contribution in [3.05, 3.63) is 106 Å². The van der Waals surface area contributed by atoms with E-state index in [0.29, 0.717) is 26.0 Å².